The van der Waals surface area contributed by atoms with Gasteiger partial charge >= 0.3 is 6.09 Å². The molecule has 0 aromatic heterocycles. The van der Waals surface area contributed by atoms with Crippen LogP contribution in [0.2, 0.25) is 0 Å². The summed E-state index contributed by atoms with van der Waals surface area (Å²) in [6.07, 6.45) is -1.04. The Morgan fingerprint density at radius 2 is 2.00 bits per heavy atom. The molecule has 0 spiro atoms. The van der Waals surface area contributed by atoms with Gasteiger partial charge in [-0.2, -0.15) is 0 Å². The van der Waals surface area contributed by atoms with Gasteiger partial charge < -0.3 is 10.2 Å². The number of aliphatic hydroxyl groups is 1. The molecule has 1 aliphatic heterocycles. The first kappa shape index (κ1) is 9.98. The molecule has 1 amide bonds. The SMILES string of the molecule is O=C(O)N1C[C@@H](O)C[C@H]1c1ccccc1. The molecule has 2 rings (SSSR count). The molecule has 80 valence electrons. The van der Waals surface area contributed by atoms with Gasteiger partial charge in [-0.25, -0.2) is 4.79 Å². The maximum atomic E-state index is 10.9. The number of aliphatic hydroxyl groups excluding tert-OH is 1. The number of β-amino-alcohol motifs (C(OH)–C–C–N with tert-alkyl or cyclic N) is 1. The van der Waals surface area contributed by atoms with Gasteiger partial charge in [0.05, 0.1) is 18.7 Å². The van der Waals surface area contributed by atoms with Crippen LogP contribution in [0.15, 0.2) is 30.3 Å². The van der Waals surface area contributed by atoms with Crippen molar-refractivity contribution in [3.05, 3.63) is 35.9 Å². The Morgan fingerprint density at radius 1 is 1.33 bits per heavy atom. The van der Waals surface area contributed by atoms with Crippen molar-refractivity contribution in [3.8, 4) is 0 Å². The van der Waals surface area contributed by atoms with Crippen LogP contribution in [-0.4, -0.2) is 33.9 Å². The first-order valence-corrected chi connectivity index (χ1v) is 4.91. The molecule has 0 saturated carbocycles. The molecule has 1 aromatic rings. The number of benzene rings is 1. The second kappa shape index (κ2) is 3.90. The Hall–Kier alpha value is -1.55. The fourth-order valence-corrected chi connectivity index (χ4v) is 2.02. The van der Waals surface area contributed by atoms with E-state index in [1.165, 1.54) is 4.90 Å². The molecule has 0 aliphatic carbocycles. The van der Waals surface area contributed by atoms with Crippen LogP contribution in [0.1, 0.15) is 18.0 Å². The molecule has 1 saturated heterocycles. The lowest BCUT2D eigenvalue weighted by molar-refractivity contribution is 0.131. The number of hydrogen-bond donors (Lipinski definition) is 2. The zero-order valence-corrected chi connectivity index (χ0v) is 8.21. The molecule has 1 aliphatic rings. The van der Waals surface area contributed by atoms with Gasteiger partial charge in [-0.15, -0.1) is 0 Å². The molecule has 0 bridgehead atoms. The van der Waals surface area contributed by atoms with Gasteiger partial charge in [-0.1, -0.05) is 30.3 Å². The maximum absolute atomic E-state index is 10.9. The van der Waals surface area contributed by atoms with E-state index in [4.69, 9.17) is 5.11 Å². The molecule has 15 heavy (non-hydrogen) atoms. The van der Waals surface area contributed by atoms with Crippen LogP contribution in [0.5, 0.6) is 0 Å². The van der Waals surface area contributed by atoms with E-state index in [1.54, 1.807) is 0 Å². The van der Waals surface area contributed by atoms with E-state index >= 15 is 0 Å². The number of amides is 1. The minimum atomic E-state index is -0.972. The lowest BCUT2D eigenvalue weighted by atomic mass is 10.0. The summed E-state index contributed by atoms with van der Waals surface area (Å²) in [5, 5.41) is 18.5. The van der Waals surface area contributed by atoms with Crippen LogP contribution >= 0.6 is 0 Å². The summed E-state index contributed by atoms with van der Waals surface area (Å²) < 4.78 is 0. The topological polar surface area (TPSA) is 60.8 Å². The number of rotatable bonds is 1. The van der Waals surface area contributed by atoms with Crippen molar-refractivity contribution in [1.29, 1.82) is 0 Å². The number of hydrogen-bond acceptors (Lipinski definition) is 2. The van der Waals surface area contributed by atoms with E-state index in [9.17, 15) is 9.90 Å². The summed E-state index contributed by atoms with van der Waals surface area (Å²) in [6, 6.07) is 9.20. The highest BCUT2D eigenvalue weighted by Crippen LogP contribution is 2.31. The Kier molecular flexibility index (Phi) is 2.60. The third kappa shape index (κ3) is 1.94. The quantitative estimate of drug-likeness (QED) is 0.733. The average molecular weight is 207 g/mol. The van der Waals surface area contributed by atoms with Crippen molar-refractivity contribution in [2.24, 2.45) is 0 Å². The van der Waals surface area contributed by atoms with Crippen LogP contribution in [0.3, 0.4) is 0 Å². The van der Waals surface area contributed by atoms with Crippen LogP contribution in [0.4, 0.5) is 4.79 Å². The summed E-state index contributed by atoms with van der Waals surface area (Å²) >= 11 is 0. The highest BCUT2D eigenvalue weighted by Gasteiger charge is 2.34. The third-order valence-electron chi connectivity index (χ3n) is 2.71. The lowest BCUT2D eigenvalue weighted by Gasteiger charge is -2.21. The molecule has 0 radical (unpaired) electrons. The zero-order valence-electron chi connectivity index (χ0n) is 8.21. The Labute approximate surface area is 87.8 Å². The highest BCUT2D eigenvalue weighted by atomic mass is 16.4. The van der Waals surface area contributed by atoms with E-state index in [1.807, 2.05) is 30.3 Å². The summed E-state index contributed by atoms with van der Waals surface area (Å²) in [5.74, 6) is 0. The standard InChI is InChI=1S/C11H13NO3/c13-9-6-10(12(7-9)11(14)15)8-4-2-1-3-5-8/h1-5,9-10,13H,6-7H2,(H,14,15)/t9-,10-/m0/s1. The normalized spacial score (nSPS) is 25.5. The van der Waals surface area contributed by atoms with Gasteiger partial charge in [-0.05, 0) is 12.0 Å². The van der Waals surface area contributed by atoms with Crippen molar-refractivity contribution >= 4 is 6.09 Å². The number of nitrogens with zero attached hydrogens (tertiary/aromatic N) is 1. The molecule has 2 N–H and O–H groups in total. The van der Waals surface area contributed by atoms with E-state index < -0.39 is 12.2 Å². The van der Waals surface area contributed by atoms with Crippen molar-refractivity contribution in [2.45, 2.75) is 18.6 Å². The summed E-state index contributed by atoms with van der Waals surface area (Å²) in [5.41, 5.74) is 0.941. The molecule has 1 fully saturated rings. The number of likely N-dealkylation sites (tertiary alicyclic amines) is 1. The monoisotopic (exact) mass is 207 g/mol. The molecule has 2 atom stereocenters. The van der Waals surface area contributed by atoms with Crippen LogP contribution < -0.4 is 0 Å². The molecule has 4 nitrogen and oxygen atoms in total. The van der Waals surface area contributed by atoms with Gasteiger partial charge in [0.2, 0.25) is 0 Å². The van der Waals surface area contributed by atoms with Gasteiger partial charge in [0, 0.05) is 0 Å². The fourth-order valence-electron chi connectivity index (χ4n) is 2.02. The molecular weight excluding hydrogens is 194 g/mol. The largest absolute Gasteiger partial charge is 0.465 e. The molecule has 1 heterocycles. The molecule has 0 unspecified atom stereocenters. The van der Waals surface area contributed by atoms with E-state index in [0.717, 1.165) is 5.56 Å². The second-order valence-corrected chi connectivity index (χ2v) is 3.75. The Bertz CT molecular complexity index is 352. The van der Waals surface area contributed by atoms with Crippen molar-refractivity contribution in [1.82, 2.24) is 4.90 Å². The number of carboxylic acid groups (broad SMARTS) is 1. The average Bonchev–Trinajstić information content (AvgIpc) is 2.62. The smallest absolute Gasteiger partial charge is 0.407 e. The van der Waals surface area contributed by atoms with Gasteiger partial charge in [0.1, 0.15) is 0 Å². The molecule has 4 heteroatoms. The van der Waals surface area contributed by atoms with Gasteiger partial charge in [0.15, 0.2) is 0 Å². The van der Waals surface area contributed by atoms with E-state index in [2.05, 4.69) is 0 Å². The predicted octanol–water partition coefficient (Wildman–Crippen LogP) is 1.47. The van der Waals surface area contributed by atoms with Crippen molar-refractivity contribution in [3.63, 3.8) is 0 Å². The second-order valence-electron chi connectivity index (χ2n) is 3.75. The van der Waals surface area contributed by atoms with Crippen molar-refractivity contribution in [2.75, 3.05) is 6.54 Å². The van der Waals surface area contributed by atoms with Gasteiger partial charge in [0.25, 0.3) is 0 Å². The maximum Gasteiger partial charge on any atom is 0.407 e. The fraction of sp³-hybridized carbons (Fsp3) is 0.364. The minimum absolute atomic E-state index is 0.203. The highest BCUT2D eigenvalue weighted by molar-refractivity contribution is 5.66. The van der Waals surface area contributed by atoms with Crippen LogP contribution in [0, 0.1) is 0 Å². The zero-order chi connectivity index (χ0) is 10.8. The van der Waals surface area contributed by atoms with Gasteiger partial charge in [-0.3, -0.25) is 4.90 Å². The molecule has 1 aromatic carbocycles. The van der Waals surface area contributed by atoms with E-state index in [-0.39, 0.29) is 12.6 Å². The summed E-state index contributed by atoms with van der Waals surface area (Å²) in [6.45, 7) is 0.203. The van der Waals surface area contributed by atoms with Crippen LogP contribution in [0.25, 0.3) is 0 Å². The summed E-state index contributed by atoms with van der Waals surface area (Å²) in [7, 11) is 0. The van der Waals surface area contributed by atoms with Crippen LogP contribution in [-0.2, 0) is 0 Å². The Morgan fingerprint density at radius 3 is 2.60 bits per heavy atom. The van der Waals surface area contributed by atoms with Crippen molar-refractivity contribution < 1.29 is 15.0 Å². The first-order valence-electron chi connectivity index (χ1n) is 4.91. The number of carbonyl (C=O) groups is 1. The predicted molar refractivity (Wildman–Crippen MR) is 54.5 cm³/mol. The molecular formula is C11H13NO3. The minimum Gasteiger partial charge on any atom is -0.465 e. The Balaban J connectivity index is 2.24. The van der Waals surface area contributed by atoms with E-state index in [0.29, 0.717) is 6.42 Å². The first-order chi connectivity index (χ1) is 7.18. The third-order valence-corrected chi connectivity index (χ3v) is 2.71. The lowest BCUT2D eigenvalue weighted by Crippen LogP contribution is -2.30. The summed E-state index contributed by atoms with van der Waals surface area (Å²) in [4.78, 5) is 12.2.